The van der Waals surface area contributed by atoms with Crippen LogP contribution in [0.2, 0.25) is 0 Å². The number of hydrogen-bond acceptors (Lipinski definition) is 3. The first-order valence-corrected chi connectivity index (χ1v) is 9.83. The molecule has 2 fully saturated rings. The van der Waals surface area contributed by atoms with Gasteiger partial charge in [-0.3, -0.25) is 9.59 Å². The number of aryl methyl sites for hydroxylation is 1. The van der Waals surface area contributed by atoms with Crippen LogP contribution in [-0.4, -0.2) is 59.0 Å². The molecule has 2 aliphatic rings. The monoisotopic (exact) mass is 358 g/mol. The van der Waals surface area contributed by atoms with Gasteiger partial charge in [0, 0.05) is 39.0 Å². The third-order valence-corrected chi connectivity index (χ3v) is 5.85. The predicted molar refractivity (Wildman–Crippen MR) is 101 cm³/mol. The molecule has 5 nitrogen and oxygen atoms in total. The summed E-state index contributed by atoms with van der Waals surface area (Å²) in [7, 11) is 0. The van der Waals surface area contributed by atoms with Gasteiger partial charge in [0.25, 0.3) is 0 Å². The molecule has 5 heteroatoms. The Morgan fingerprint density at radius 1 is 0.923 bits per heavy atom. The van der Waals surface area contributed by atoms with Gasteiger partial charge in [0.1, 0.15) is 0 Å². The van der Waals surface area contributed by atoms with E-state index in [-0.39, 0.29) is 24.3 Å². The highest BCUT2D eigenvalue weighted by molar-refractivity contribution is 5.84. The fraction of sp³-hybridized carbons (Fsp3) is 0.619. The molecule has 142 valence electrons. The van der Waals surface area contributed by atoms with E-state index in [0.29, 0.717) is 38.3 Å². The van der Waals surface area contributed by atoms with Gasteiger partial charge in [-0.2, -0.15) is 0 Å². The van der Waals surface area contributed by atoms with Crippen molar-refractivity contribution in [2.24, 2.45) is 0 Å². The average Bonchev–Trinajstić information content (AvgIpc) is 2.67. The summed E-state index contributed by atoms with van der Waals surface area (Å²) in [5, 5.41) is 9.52. The van der Waals surface area contributed by atoms with Crippen LogP contribution < -0.4 is 0 Å². The van der Waals surface area contributed by atoms with E-state index in [9.17, 15) is 14.7 Å². The Hall–Kier alpha value is -1.88. The van der Waals surface area contributed by atoms with Gasteiger partial charge in [-0.15, -0.1) is 0 Å². The molecule has 0 saturated carbocycles. The molecule has 2 amide bonds. The summed E-state index contributed by atoms with van der Waals surface area (Å²) in [4.78, 5) is 28.4. The Kier molecular flexibility index (Phi) is 6.30. The first-order valence-electron chi connectivity index (χ1n) is 9.83. The molecule has 0 aliphatic carbocycles. The summed E-state index contributed by atoms with van der Waals surface area (Å²) < 4.78 is 0. The third kappa shape index (κ3) is 4.64. The topological polar surface area (TPSA) is 60.9 Å². The van der Waals surface area contributed by atoms with Gasteiger partial charge in [-0.05, 0) is 49.7 Å². The molecule has 26 heavy (non-hydrogen) atoms. The van der Waals surface area contributed by atoms with E-state index < -0.39 is 0 Å². The van der Waals surface area contributed by atoms with Gasteiger partial charge in [0.2, 0.25) is 11.8 Å². The lowest BCUT2D eigenvalue weighted by atomic mass is 9.87. The summed E-state index contributed by atoms with van der Waals surface area (Å²) >= 11 is 0. The summed E-state index contributed by atoms with van der Waals surface area (Å²) in [6.45, 7) is 4.92. The normalized spacial score (nSPS) is 19.6. The van der Waals surface area contributed by atoms with Crippen molar-refractivity contribution in [3.05, 3.63) is 35.4 Å². The number of aliphatic hydroxyl groups excluding tert-OH is 1. The van der Waals surface area contributed by atoms with E-state index in [1.807, 2.05) is 4.90 Å². The van der Waals surface area contributed by atoms with E-state index in [0.717, 1.165) is 25.9 Å². The number of amides is 2. The maximum Gasteiger partial charge on any atom is 0.223 e. The summed E-state index contributed by atoms with van der Waals surface area (Å²) in [6.07, 6.45) is 3.58. The van der Waals surface area contributed by atoms with E-state index in [4.69, 9.17) is 0 Å². The molecule has 2 heterocycles. The van der Waals surface area contributed by atoms with Crippen LogP contribution in [0, 0.1) is 6.92 Å². The van der Waals surface area contributed by atoms with E-state index >= 15 is 0 Å². The van der Waals surface area contributed by atoms with Crippen molar-refractivity contribution in [2.45, 2.75) is 57.5 Å². The Balaban J connectivity index is 1.42. The lowest BCUT2D eigenvalue weighted by Gasteiger charge is -2.33. The highest BCUT2D eigenvalue weighted by Crippen LogP contribution is 2.30. The number of rotatable bonds is 4. The van der Waals surface area contributed by atoms with Gasteiger partial charge in [0.15, 0.2) is 0 Å². The van der Waals surface area contributed by atoms with E-state index in [1.165, 1.54) is 11.1 Å². The Morgan fingerprint density at radius 2 is 1.42 bits per heavy atom. The zero-order valence-corrected chi connectivity index (χ0v) is 15.7. The largest absolute Gasteiger partial charge is 0.393 e. The second-order valence-electron chi connectivity index (χ2n) is 7.62. The fourth-order valence-electron chi connectivity index (χ4n) is 4.13. The smallest absolute Gasteiger partial charge is 0.223 e. The predicted octanol–water partition coefficient (Wildman–Crippen LogP) is 2.46. The number of likely N-dealkylation sites (tertiary alicyclic amines) is 2. The Labute approximate surface area is 156 Å². The molecule has 0 atom stereocenters. The minimum Gasteiger partial charge on any atom is -0.393 e. The molecule has 2 aliphatic heterocycles. The zero-order valence-electron chi connectivity index (χ0n) is 15.7. The fourth-order valence-corrected chi connectivity index (χ4v) is 4.13. The molecule has 0 aromatic heterocycles. The highest BCUT2D eigenvalue weighted by atomic mass is 16.3. The molecule has 1 aromatic carbocycles. The van der Waals surface area contributed by atoms with Crippen LogP contribution in [0.15, 0.2) is 24.3 Å². The first kappa shape index (κ1) is 18.9. The lowest BCUT2D eigenvalue weighted by Crippen LogP contribution is -2.41. The summed E-state index contributed by atoms with van der Waals surface area (Å²) in [5.41, 5.74) is 2.73. The number of hydrogen-bond donors (Lipinski definition) is 1. The van der Waals surface area contributed by atoms with Crippen molar-refractivity contribution < 1.29 is 14.7 Å². The number of aliphatic hydroxyl groups is 1. The quantitative estimate of drug-likeness (QED) is 0.899. The average molecular weight is 358 g/mol. The van der Waals surface area contributed by atoms with Crippen LogP contribution in [0.5, 0.6) is 0 Å². The van der Waals surface area contributed by atoms with Crippen molar-refractivity contribution in [1.82, 2.24) is 9.80 Å². The van der Waals surface area contributed by atoms with Crippen molar-refractivity contribution in [1.29, 1.82) is 0 Å². The summed E-state index contributed by atoms with van der Waals surface area (Å²) in [6, 6.07) is 8.51. The summed E-state index contributed by atoms with van der Waals surface area (Å²) in [5.74, 6) is 0.667. The van der Waals surface area contributed by atoms with E-state index in [2.05, 4.69) is 31.2 Å². The van der Waals surface area contributed by atoms with Crippen LogP contribution in [0.3, 0.4) is 0 Å². The Morgan fingerprint density at radius 3 is 1.96 bits per heavy atom. The zero-order chi connectivity index (χ0) is 18.5. The van der Waals surface area contributed by atoms with Crippen LogP contribution in [0.4, 0.5) is 0 Å². The Bertz CT molecular complexity index is 630. The van der Waals surface area contributed by atoms with Gasteiger partial charge < -0.3 is 14.9 Å². The van der Waals surface area contributed by atoms with Gasteiger partial charge in [-0.25, -0.2) is 0 Å². The van der Waals surface area contributed by atoms with Gasteiger partial charge >= 0.3 is 0 Å². The molecule has 0 radical (unpaired) electrons. The number of carbonyl (C=O) groups excluding carboxylic acids is 2. The molecule has 3 rings (SSSR count). The van der Waals surface area contributed by atoms with Crippen molar-refractivity contribution in [2.75, 3.05) is 26.2 Å². The molecule has 0 spiro atoms. The maximum atomic E-state index is 12.5. The van der Waals surface area contributed by atoms with Crippen molar-refractivity contribution in [3.63, 3.8) is 0 Å². The lowest BCUT2D eigenvalue weighted by molar-refractivity contribution is -0.138. The van der Waals surface area contributed by atoms with E-state index in [1.54, 1.807) is 4.90 Å². The third-order valence-electron chi connectivity index (χ3n) is 5.85. The van der Waals surface area contributed by atoms with Crippen LogP contribution in [0.25, 0.3) is 0 Å². The maximum absolute atomic E-state index is 12.5. The van der Waals surface area contributed by atoms with Crippen LogP contribution in [-0.2, 0) is 9.59 Å². The first-order chi connectivity index (χ1) is 12.5. The number of carbonyl (C=O) groups is 2. The number of piperidine rings is 2. The minimum atomic E-state index is -0.282. The van der Waals surface area contributed by atoms with Crippen LogP contribution in [0.1, 0.15) is 55.6 Å². The van der Waals surface area contributed by atoms with Crippen LogP contribution >= 0.6 is 0 Å². The van der Waals surface area contributed by atoms with Crippen molar-refractivity contribution in [3.8, 4) is 0 Å². The molecular weight excluding hydrogens is 328 g/mol. The molecule has 1 aromatic rings. The highest BCUT2D eigenvalue weighted by Gasteiger charge is 2.26. The van der Waals surface area contributed by atoms with Gasteiger partial charge in [0.05, 0.1) is 6.10 Å². The second kappa shape index (κ2) is 8.67. The van der Waals surface area contributed by atoms with Crippen molar-refractivity contribution >= 4 is 11.8 Å². The van der Waals surface area contributed by atoms with Gasteiger partial charge in [-0.1, -0.05) is 24.3 Å². The standard InChI is InChI=1S/C21H30N2O3/c1-16-4-2-3-5-19(16)17-8-12-22(13-9-17)20(25)6-7-21(26)23-14-10-18(24)11-15-23/h2-5,17-18,24H,6-15H2,1H3. The molecule has 1 N–H and O–H groups in total. The molecule has 0 unspecified atom stereocenters. The number of nitrogens with zero attached hydrogens (tertiary/aromatic N) is 2. The number of benzene rings is 1. The molecule has 0 bridgehead atoms. The SMILES string of the molecule is Cc1ccccc1C1CCN(C(=O)CCC(=O)N2CCC(O)CC2)CC1. The minimum absolute atomic E-state index is 0.0417. The molecular formula is C21H30N2O3. The molecule has 2 saturated heterocycles. The second-order valence-corrected chi connectivity index (χ2v) is 7.62.